The monoisotopic (exact) mass is 214 g/mol. The minimum atomic E-state index is 0.685. The summed E-state index contributed by atoms with van der Waals surface area (Å²) >= 11 is 0. The van der Waals surface area contributed by atoms with Crippen LogP contribution in [0, 0.1) is 11.8 Å². The van der Waals surface area contributed by atoms with Crippen LogP contribution in [0.2, 0.25) is 0 Å². The molecule has 0 heterocycles. The Balaban J connectivity index is 2.10. The first kappa shape index (κ1) is 12.3. The molecule has 0 radical (unpaired) electrons. The van der Waals surface area contributed by atoms with Gasteiger partial charge >= 0.3 is 0 Å². The van der Waals surface area contributed by atoms with Crippen LogP contribution in [0.25, 0.3) is 0 Å². The first-order valence-electron chi connectivity index (χ1n) is 5.51. The zero-order chi connectivity index (χ0) is 11.1. The zero-order valence-corrected chi connectivity index (χ0v) is 9.62. The summed E-state index contributed by atoms with van der Waals surface area (Å²) in [6, 6.07) is 0. The van der Waals surface area contributed by atoms with Crippen LogP contribution in [-0.4, -0.2) is 32.8 Å². The zero-order valence-electron chi connectivity index (χ0n) is 9.62. The third kappa shape index (κ3) is 4.99. The number of aliphatic imine (C=N–C) groups is 1. The molecule has 1 aliphatic carbocycles. The predicted molar refractivity (Wildman–Crippen MR) is 61.4 cm³/mol. The van der Waals surface area contributed by atoms with Gasteiger partial charge < -0.3 is 10.1 Å². The van der Waals surface area contributed by atoms with E-state index in [0.717, 1.165) is 38.0 Å². The number of guanidine groups is 1. The Bertz CT molecular complexity index is 208. The summed E-state index contributed by atoms with van der Waals surface area (Å²) in [5.74, 6) is 7.63. The summed E-state index contributed by atoms with van der Waals surface area (Å²) < 4.78 is 4.95. The second kappa shape index (κ2) is 6.63. The van der Waals surface area contributed by atoms with Crippen molar-refractivity contribution < 1.29 is 4.74 Å². The third-order valence-electron chi connectivity index (χ3n) is 2.71. The van der Waals surface area contributed by atoms with E-state index >= 15 is 0 Å². The molecule has 1 rings (SSSR count). The van der Waals surface area contributed by atoms with Gasteiger partial charge in [-0.2, -0.15) is 0 Å². The quantitative estimate of drug-likeness (QED) is 0.193. The fourth-order valence-electron chi connectivity index (χ4n) is 1.44. The van der Waals surface area contributed by atoms with Crippen LogP contribution >= 0.6 is 0 Å². The van der Waals surface area contributed by atoms with Gasteiger partial charge in [0.25, 0.3) is 0 Å². The number of hydrogen-bond donors (Lipinski definition) is 3. The van der Waals surface area contributed by atoms with Gasteiger partial charge in [-0.3, -0.25) is 10.4 Å². The number of rotatable bonds is 6. The third-order valence-corrected chi connectivity index (χ3v) is 2.71. The number of hydrogen-bond acceptors (Lipinski definition) is 3. The SMILES string of the molecule is COCCCNC(=NCC1CC1C)NN. The van der Waals surface area contributed by atoms with E-state index in [-0.39, 0.29) is 0 Å². The van der Waals surface area contributed by atoms with E-state index in [1.165, 1.54) is 6.42 Å². The molecule has 1 fully saturated rings. The first-order chi connectivity index (χ1) is 7.27. The van der Waals surface area contributed by atoms with E-state index in [9.17, 15) is 0 Å². The highest BCUT2D eigenvalue weighted by Crippen LogP contribution is 2.37. The maximum atomic E-state index is 5.35. The van der Waals surface area contributed by atoms with Crippen molar-refractivity contribution in [3.63, 3.8) is 0 Å². The normalized spacial score (nSPS) is 25.1. The van der Waals surface area contributed by atoms with Gasteiger partial charge in [0.1, 0.15) is 0 Å². The molecule has 0 aromatic rings. The van der Waals surface area contributed by atoms with Crippen molar-refractivity contribution in [2.24, 2.45) is 22.7 Å². The largest absolute Gasteiger partial charge is 0.385 e. The lowest BCUT2D eigenvalue weighted by molar-refractivity contribution is 0.195. The molecular weight excluding hydrogens is 192 g/mol. The first-order valence-corrected chi connectivity index (χ1v) is 5.51. The van der Waals surface area contributed by atoms with Crippen LogP contribution in [0.5, 0.6) is 0 Å². The summed E-state index contributed by atoms with van der Waals surface area (Å²) in [6.07, 6.45) is 2.25. The fraction of sp³-hybridized carbons (Fsp3) is 0.900. The minimum absolute atomic E-state index is 0.685. The number of hydrazine groups is 1. The highest BCUT2D eigenvalue weighted by Gasteiger charge is 2.31. The summed E-state index contributed by atoms with van der Waals surface area (Å²) in [4.78, 5) is 4.38. The average molecular weight is 214 g/mol. The van der Waals surface area contributed by atoms with Crippen LogP contribution < -0.4 is 16.6 Å². The lowest BCUT2D eigenvalue weighted by Crippen LogP contribution is -2.42. The highest BCUT2D eigenvalue weighted by molar-refractivity contribution is 5.79. The molecule has 0 amide bonds. The van der Waals surface area contributed by atoms with Crippen LogP contribution in [0.4, 0.5) is 0 Å². The second-order valence-electron chi connectivity index (χ2n) is 4.08. The van der Waals surface area contributed by atoms with Crippen LogP contribution in [0.1, 0.15) is 19.8 Å². The molecule has 0 aromatic carbocycles. The van der Waals surface area contributed by atoms with Crippen LogP contribution in [0.3, 0.4) is 0 Å². The van der Waals surface area contributed by atoms with Crippen molar-refractivity contribution in [2.45, 2.75) is 19.8 Å². The lowest BCUT2D eigenvalue weighted by atomic mass is 10.3. The molecule has 88 valence electrons. The number of nitrogens with one attached hydrogen (secondary N) is 2. The van der Waals surface area contributed by atoms with E-state index in [4.69, 9.17) is 10.6 Å². The molecule has 0 aliphatic heterocycles. The van der Waals surface area contributed by atoms with Gasteiger partial charge in [-0.15, -0.1) is 0 Å². The summed E-state index contributed by atoms with van der Waals surface area (Å²) in [5, 5.41) is 3.14. The molecule has 1 aliphatic rings. The standard InChI is InChI=1S/C10H22N4O/c1-8-6-9(8)7-13-10(14-11)12-4-3-5-15-2/h8-9H,3-7,11H2,1-2H3,(H2,12,13,14). The van der Waals surface area contributed by atoms with Gasteiger partial charge in [0, 0.05) is 26.8 Å². The topological polar surface area (TPSA) is 71.7 Å². The molecule has 0 spiro atoms. The molecule has 2 unspecified atom stereocenters. The minimum Gasteiger partial charge on any atom is -0.385 e. The number of nitrogens with two attached hydrogens (primary N) is 1. The van der Waals surface area contributed by atoms with Gasteiger partial charge in [-0.05, 0) is 24.7 Å². The van der Waals surface area contributed by atoms with Crippen molar-refractivity contribution in [1.82, 2.24) is 10.7 Å². The molecule has 0 saturated heterocycles. The van der Waals surface area contributed by atoms with Gasteiger partial charge in [0.05, 0.1) is 0 Å². The number of nitrogens with zero attached hydrogens (tertiary/aromatic N) is 1. The molecule has 0 bridgehead atoms. The van der Waals surface area contributed by atoms with Crippen molar-refractivity contribution in [2.75, 3.05) is 26.8 Å². The molecular formula is C10H22N4O. The molecule has 1 saturated carbocycles. The molecule has 4 N–H and O–H groups in total. The Morgan fingerprint density at radius 1 is 1.60 bits per heavy atom. The Kier molecular flexibility index (Phi) is 5.42. The summed E-state index contributed by atoms with van der Waals surface area (Å²) in [6.45, 7) is 4.71. The van der Waals surface area contributed by atoms with Crippen LogP contribution in [0.15, 0.2) is 4.99 Å². The second-order valence-corrected chi connectivity index (χ2v) is 4.08. The van der Waals surface area contributed by atoms with Crippen molar-refractivity contribution in [1.29, 1.82) is 0 Å². The van der Waals surface area contributed by atoms with E-state index in [1.807, 2.05) is 0 Å². The van der Waals surface area contributed by atoms with Crippen molar-refractivity contribution in [3.8, 4) is 0 Å². The van der Waals surface area contributed by atoms with Crippen LogP contribution in [-0.2, 0) is 4.74 Å². The average Bonchev–Trinajstić information content (AvgIpc) is 2.94. The Labute approximate surface area is 91.4 Å². The van der Waals surface area contributed by atoms with E-state index in [0.29, 0.717) is 5.96 Å². The molecule has 2 atom stereocenters. The highest BCUT2D eigenvalue weighted by atomic mass is 16.5. The van der Waals surface area contributed by atoms with Gasteiger partial charge in [-0.1, -0.05) is 6.92 Å². The summed E-state index contributed by atoms with van der Waals surface area (Å²) in [5.41, 5.74) is 2.58. The summed E-state index contributed by atoms with van der Waals surface area (Å²) in [7, 11) is 1.70. The fourth-order valence-corrected chi connectivity index (χ4v) is 1.44. The predicted octanol–water partition coefficient (Wildman–Crippen LogP) is 0.0878. The van der Waals surface area contributed by atoms with Gasteiger partial charge in [0.2, 0.25) is 5.96 Å². The van der Waals surface area contributed by atoms with Gasteiger partial charge in [-0.25, -0.2) is 5.84 Å². The molecule has 5 heteroatoms. The molecule has 0 aromatic heterocycles. The number of ether oxygens (including phenoxy) is 1. The molecule has 15 heavy (non-hydrogen) atoms. The van der Waals surface area contributed by atoms with E-state index < -0.39 is 0 Å². The Morgan fingerprint density at radius 2 is 2.33 bits per heavy atom. The smallest absolute Gasteiger partial charge is 0.205 e. The number of methoxy groups -OCH3 is 1. The van der Waals surface area contributed by atoms with Crippen molar-refractivity contribution >= 4 is 5.96 Å². The lowest BCUT2D eigenvalue weighted by Gasteiger charge is -2.08. The van der Waals surface area contributed by atoms with Gasteiger partial charge in [0.15, 0.2) is 0 Å². The van der Waals surface area contributed by atoms with E-state index in [2.05, 4.69) is 22.7 Å². The van der Waals surface area contributed by atoms with E-state index in [1.54, 1.807) is 7.11 Å². The maximum absolute atomic E-state index is 5.35. The van der Waals surface area contributed by atoms with Crippen molar-refractivity contribution in [3.05, 3.63) is 0 Å². The Hall–Kier alpha value is -0.810. The maximum Gasteiger partial charge on any atom is 0.205 e. The Morgan fingerprint density at radius 3 is 2.87 bits per heavy atom. The molecule has 5 nitrogen and oxygen atoms in total.